The number of H-pyrrole nitrogens is 1. The van der Waals surface area contributed by atoms with Crippen molar-refractivity contribution in [3.05, 3.63) is 70.1 Å². The number of anilines is 1. The second-order valence-electron chi connectivity index (χ2n) is 6.67. The lowest BCUT2D eigenvalue weighted by Gasteiger charge is -2.09. The molecule has 3 rings (SSSR count). The number of amides is 1. The number of ketones is 1. The van der Waals surface area contributed by atoms with Crippen LogP contribution in [0.1, 0.15) is 34.7 Å². The van der Waals surface area contributed by atoms with Gasteiger partial charge in [0.05, 0.1) is 5.39 Å². The van der Waals surface area contributed by atoms with E-state index in [4.69, 9.17) is 4.74 Å². The average molecular weight is 393 g/mol. The number of carbonyl (C=O) groups excluding carboxylic acids is 3. The van der Waals surface area contributed by atoms with Crippen molar-refractivity contribution < 1.29 is 19.1 Å². The molecule has 0 bridgehead atoms. The number of benzene rings is 2. The maximum absolute atomic E-state index is 12.3. The summed E-state index contributed by atoms with van der Waals surface area (Å²) in [5.41, 5.74) is 0.415. The molecule has 0 fully saturated rings. The predicted octanol–water partition coefficient (Wildman–Crippen LogP) is 2.56. The normalized spacial score (nSPS) is 10.7. The zero-order valence-corrected chi connectivity index (χ0v) is 15.9. The Kier molecular flexibility index (Phi) is 5.82. The van der Waals surface area contributed by atoms with E-state index in [2.05, 4.69) is 15.5 Å². The van der Waals surface area contributed by atoms with Crippen LogP contribution < -0.4 is 10.9 Å². The molecule has 0 radical (unpaired) electrons. The predicted molar refractivity (Wildman–Crippen MR) is 107 cm³/mol. The molecule has 8 nitrogen and oxygen atoms in total. The number of carbonyl (C=O) groups is 3. The first-order valence-corrected chi connectivity index (χ1v) is 8.95. The molecule has 1 heterocycles. The third-order valence-corrected chi connectivity index (χ3v) is 4.22. The van der Waals surface area contributed by atoms with Gasteiger partial charge in [0, 0.05) is 22.6 Å². The van der Waals surface area contributed by atoms with Crippen molar-refractivity contribution in [2.75, 3.05) is 11.9 Å². The van der Waals surface area contributed by atoms with Gasteiger partial charge in [0.1, 0.15) is 0 Å². The second-order valence-corrected chi connectivity index (χ2v) is 6.67. The number of hydrogen-bond acceptors (Lipinski definition) is 6. The highest BCUT2D eigenvalue weighted by atomic mass is 16.5. The van der Waals surface area contributed by atoms with E-state index < -0.39 is 23.9 Å². The molecule has 0 aliphatic carbocycles. The number of fused-ring (bicyclic) bond motifs is 1. The van der Waals surface area contributed by atoms with E-state index in [1.807, 2.05) is 0 Å². The van der Waals surface area contributed by atoms with Gasteiger partial charge in [-0.15, -0.1) is 0 Å². The third-order valence-electron chi connectivity index (χ3n) is 4.22. The number of aromatic nitrogens is 2. The quantitative estimate of drug-likeness (QED) is 0.491. The number of nitrogens with one attached hydrogen (secondary N) is 2. The molecule has 0 saturated heterocycles. The van der Waals surface area contributed by atoms with Gasteiger partial charge in [-0.2, -0.15) is 5.10 Å². The summed E-state index contributed by atoms with van der Waals surface area (Å²) in [6, 6.07) is 12.8. The van der Waals surface area contributed by atoms with Gasteiger partial charge in [0.25, 0.3) is 5.56 Å². The third kappa shape index (κ3) is 4.55. The number of aromatic amines is 1. The number of hydrogen-bond donors (Lipinski definition) is 2. The zero-order chi connectivity index (χ0) is 21.0. The smallest absolute Gasteiger partial charge is 0.359 e. The Morgan fingerprint density at radius 2 is 1.69 bits per heavy atom. The molecule has 0 spiro atoms. The summed E-state index contributed by atoms with van der Waals surface area (Å²) in [6.45, 7) is 3.08. The van der Waals surface area contributed by atoms with E-state index in [0.717, 1.165) is 0 Å². The van der Waals surface area contributed by atoms with Crippen molar-refractivity contribution in [1.29, 1.82) is 0 Å². The first-order valence-electron chi connectivity index (χ1n) is 8.95. The van der Waals surface area contributed by atoms with Crippen LogP contribution in [0.5, 0.6) is 0 Å². The van der Waals surface area contributed by atoms with Crippen LogP contribution in [0.15, 0.2) is 53.3 Å². The Morgan fingerprint density at radius 1 is 1.03 bits per heavy atom. The Balaban J connectivity index is 1.67. The lowest BCUT2D eigenvalue weighted by Crippen LogP contribution is -2.19. The van der Waals surface area contributed by atoms with Crippen molar-refractivity contribution in [3.8, 4) is 0 Å². The monoisotopic (exact) mass is 393 g/mol. The largest absolute Gasteiger partial charge is 0.452 e. The molecule has 29 heavy (non-hydrogen) atoms. The van der Waals surface area contributed by atoms with Gasteiger partial charge in [-0.1, -0.05) is 32.0 Å². The molecule has 0 aliphatic rings. The average Bonchev–Trinajstić information content (AvgIpc) is 2.72. The number of ether oxygens (including phenoxy) is 1. The highest BCUT2D eigenvalue weighted by molar-refractivity contribution is 6.04. The maximum Gasteiger partial charge on any atom is 0.359 e. The fraction of sp³-hybridized carbons (Fsp3) is 0.190. The number of rotatable bonds is 6. The highest BCUT2D eigenvalue weighted by Crippen LogP contribution is 2.14. The van der Waals surface area contributed by atoms with Crippen molar-refractivity contribution in [1.82, 2.24) is 10.2 Å². The summed E-state index contributed by atoms with van der Waals surface area (Å²) in [5.74, 6) is -1.51. The van der Waals surface area contributed by atoms with Crippen LogP contribution in [-0.2, 0) is 9.53 Å². The molecular formula is C21H19N3O5. The Labute approximate surface area is 165 Å². The highest BCUT2D eigenvalue weighted by Gasteiger charge is 2.17. The summed E-state index contributed by atoms with van der Waals surface area (Å²) < 4.78 is 5.08. The molecular weight excluding hydrogens is 374 g/mol. The summed E-state index contributed by atoms with van der Waals surface area (Å²) in [7, 11) is 0. The molecule has 0 unspecified atom stereocenters. The minimum Gasteiger partial charge on any atom is -0.452 e. The molecule has 3 aromatic rings. The topological polar surface area (TPSA) is 118 Å². The summed E-state index contributed by atoms with van der Waals surface area (Å²) in [6.07, 6.45) is 0. The molecule has 2 aromatic carbocycles. The number of Topliss-reactive ketones (excluding diaryl/α,β-unsaturated/α-hetero) is 1. The van der Waals surface area contributed by atoms with Crippen LogP contribution in [0.25, 0.3) is 10.8 Å². The van der Waals surface area contributed by atoms with Gasteiger partial charge >= 0.3 is 5.97 Å². The van der Waals surface area contributed by atoms with Crippen LogP contribution >= 0.6 is 0 Å². The minimum absolute atomic E-state index is 0.0697. The lowest BCUT2D eigenvalue weighted by molar-refractivity contribution is -0.118. The van der Waals surface area contributed by atoms with Gasteiger partial charge in [-0.05, 0) is 30.3 Å². The Hall–Kier alpha value is -3.81. The van der Waals surface area contributed by atoms with Crippen molar-refractivity contribution in [2.45, 2.75) is 13.8 Å². The molecule has 2 N–H and O–H groups in total. The van der Waals surface area contributed by atoms with Gasteiger partial charge < -0.3 is 10.1 Å². The van der Waals surface area contributed by atoms with E-state index >= 15 is 0 Å². The minimum atomic E-state index is -0.813. The van der Waals surface area contributed by atoms with Crippen molar-refractivity contribution >= 4 is 34.1 Å². The van der Waals surface area contributed by atoms with Crippen LogP contribution in [0.2, 0.25) is 0 Å². The molecule has 148 valence electrons. The van der Waals surface area contributed by atoms with Crippen molar-refractivity contribution in [3.63, 3.8) is 0 Å². The lowest BCUT2D eigenvalue weighted by atomic mass is 10.1. The van der Waals surface area contributed by atoms with Gasteiger partial charge in [0.2, 0.25) is 5.91 Å². The van der Waals surface area contributed by atoms with Crippen LogP contribution in [-0.4, -0.2) is 34.5 Å². The summed E-state index contributed by atoms with van der Waals surface area (Å²) in [4.78, 5) is 48.1. The van der Waals surface area contributed by atoms with Gasteiger partial charge in [0.15, 0.2) is 18.1 Å². The Bertz CT molecular complexity index is 1130. The second kappa shape index (κ2) is 8.47. The zero-order valence-electron chi connectivity index (χ0n) is 15.9. The molecule has 1 amide bonds. The van der Waals surface area contributed by atoms with Crippen LogP contribution in [0.4, 0.5) is 5.69 Å². The van der Waals surface area contributed by atoms with E-state index in [-0.39, 0.29) is 17.5 Å². The van der Waals surface area contributed by atoms with E-state index in [1.165, 1.54) is 0 Å². The standard InChI is InChI=1S/C21H19N3O5/c1-12(2)19(26)22-14-9-7-13(8-10-14)17(25)11-29-21(28)18-15-5-3-4-6-16(15)20(27)24-23-18/h3-10,12H,11H2,1-2H3,(H,22,26)(H,24,27). The Morgan fingerprint density at radius 3 is 2.34 bits per heavy atom. The first kappa shape index (κ1) is 19.9. The molecule has 8 heteroatoms. The van der Waals surface area contributed by atoms with E-state index in [9.17, 15) is 19.2 Å². The number of nitrogens with zero attached hydrogens (tertiary/aromatic N) is 1. The fourth-order valence-corrected chi connectivity index (χ4v) is 2.58. The van der Waals surface area contributed by atoms with E-state index in [1.54, 1.807) is 62.4 Å². The van der Waals surface area contributed by atoms with Crippen LogP contribution in [0, 0.1) is 5.92 Å². The van der Waals surface area contributed by atoms with Gasteiger partial charge in [-0.3, -0.25) is 14.4 Å². The van der Waals surface area contributed by atoms with Crippen LogP contribution in [0.3, 0.4) is 0 Å². The molecule has 1 aromatic heterocycles. The maximum atomic E-state index is 12.3. The molecule has 0 atom stereocenters. The molecule has 0 aliphatic heterocycles. The van der Waals surface area contributed by atoms with Crippen molar-refractivity contribution in [2.24, 2.45) is 5.92 Å². The molecule has 0 saturated carbocycles. The first-order chi connectivity index (χ1) is 13.9. The number of esters is 1. The van der Waals surface area contributed by atoms with Gasteiger partial charge in [-0.25, -0.2) is 9.89 Å². The summed E-state index contributed by atoms with van der Waals surface area (Å²) >= 11 is 0. The SMILES string of the molecule is CC(C)C(=O)Nc1ccc(C(=O)COC(=O)c2n[nH]c(=O)c3ccccc23)cc1. The fourth-order valence-electron chi connectivity index (χ4n) is 2.58. The summed E-state index contributed by atoms with van der Waals surface area (Å²) in [5, 5.41) is 9.37. The van der Waals surface area contributed by atoms with E-state index in [0.29, 0.717) is 22.0 Å².